The Kier molecular flexibility index (Phi) is 4.10. The van der Waals surface area contributed by atoms with E-state index in [1.807, 2.05) is 37.3 Å². The van der Waals surface area contributed by atoms with Gasteiger partial charge < -0.3 is 9.73 Å². The molecule has 3 aromatic heterocycles. The van der Waals surface area contributed by atoms with E-state index in [0.717, 1.165) is 16.7 Å². The second kappa shape index (κ2) is 6.56. The fourth-order valence-corrected chi connectivity index (χ4v) is 3.11. The Morgan fingerprint density at radius 2 is 2.24 bits per heavy atom. The molecular weight excluding hydrogens is 338 g/mol. The van der Waals surface area contributed by atoms with Crippen molar-refractivity contribution in [3.8, 4) is 0 Å². The van der Waals surface area contributed by atoms with Gasteiger partial charge in [-0.2, -0.15) is 4.98 Å². The van der Waals surface area contributed by atoms with Gasteiger partial charge in [0.2, 0.25) is 11.1 Å². The van der Waals surface area contributed by atoms with Crippen molar-refractivity contribution in [2.24, 2.45) is 0 Å². The summed E-state index contributed by atoms with van der Waals surface area (Å²) >= 11 is 1.27. The van der Waals surface area contributed by atoms with Crippen LogP contribution in [0.3, 0.4) is 0 Å². The van der Waals surface area contributed by atoms with Crippen LogP contribution in [0, 0.1) is 0 Å². The number of aromatic nitrogens is 4. The standard InChI is InChI=1S/C17H15N5O2S/c1-11(14-9-12-5-2-3-6-13(12)24-14)19-15(23)10-25-17-20-16-18-7-4-8-22(16)21-17/h2-9,11H,10H2,1H3,(H,19,23)/t11-/m0/s1. The van der Waals surface area contributed by atoms with E-state index in [9.17, 15) is 4.79 Å². The molecule has 0 radical (unpaired) electrons. The highest BCUT2D eigenvalue weighted by molar-refractivity contribution is 7.99. The Morgan fingerprint density at radius 1 is 1.36 bits per heavy atom. The molecule has 0 unspecified atom stereocenters. The minimum Gasteiger partial charge on any atom is -0.459 e. The monoisotopic (exact) mass is 353 g/mol. The molecule has 8 heteroatoms. The molecule has 4 aromatic rings. The lowest BCUT2D eigenvalue weighted by molar-refractivity contribution is -0.119. The van der Waals surface area contributed by atoms with Crippen LogP contribution < -0.4 is 5.32 Å². The number of rotatable bonds is 5. The minimum absolute atomic E-state index is 0.107. The Hall–Kier alpha value is -2.87. The number of carbonyl (C=O) groups excluding carboxylic acids is 1. The number of thioether (sulfide) groups is 1. The molecule has 0 aliphatic rings. The zero-order valence-corrected chi connectivity index (χ0v) is 14.2. The number of hydrogen-bond donors (Lipinski definition) is 1. The molecule has 0 saturated heterocycles. The van der Waals surface area contributed by atoms with Gasteiger partial charge in [-0.1, -0.05) is 30.0 Å². The molecule has 0 spiro atoms. The topological polar surface area (TPSA) is 85.3 Å². The van der Waals surface area contributed by atoms with E-state index in [4.69, 9.17) is 4.42 Å². The number of hydrogen-bond acceptors (Lipinski definition) is 6. The molecule has 126 valence electrons. The van der Waals surface area contributed by atoms with Crippen LogP contribution in [0.4, 0.5) is 0 Å². The van der Waals surface area contributed by atoms with Crippen LogP contribution in [-0.2, 0) is 4.79 Å². The molecule has 4 rings (SSSR count). The summed E-state index contributed by atoms with van der Waals surface area (Å²) in [6.07, 6.45) is 3.42. The summed E-state index contributed by atoms with van der Waals surface area (Å²) in [7, 11) is 0. The third-order valence-electron chi connectivity index (χ3n) is 3.68. The highest BCUT2D eigenvalue weighted by Gasteiger charge is 2.15. The number of amides is 1. The maximum Gasteiger partial charge on any atom is 0.253 e. The van der Waals surface area contributed by atoms with Gasteiger partial charge in [0.15, 0.2) is 0 Å². The number of furan rings is 1. The summed E-state index contributed by atoms with van der Waals surface area (Å²) in [6, 6.07) is 11.3. The molecule has 0 aliphatic carbocycles. The summed E-state index contributed by atoms with van der Waals surface area (Å²) in [6.45, 7) is 1.90. The van der Waals surface area contributed by atoms with Gasteiger partial charge in [0, 0.05) is 17.8 Å². The summed E-state index contributed by atoms with van der Waals surface area (Å²) in [5.74, 6) is 1.36. The van der Waals surface area contributed by atoms with Gasteiger partial charge in [0.1, 0.15) is 11.3 Å². The first-order chi connectivity index (χ1) is 12.2. The van der Waals surface area contributed by atoms with Crippen LogP contribution in [0.2, 0.25) is 0 Å². The predicted octanol–water partition coefficient (Wildman–Crippen LogP) is 2.84. The van der Waals surface area contributed by atoms with Crippen molar-refractivity contribution in [1.82, 2.24) is 24.9 Å². The second-order valence-corrected chi connectivity index (χ2v) is 6.47. The fraction of sp³-hybridized carbons (Fsp3) is 0.176. The van der Waals surface area contributed by atoms with Gasteiger partial charge in [-0.25, -0.2) is 9.50 Å². The van der Waals surface area contributed by atoms with E-state index in [0.29, 0.717) is 10.9 Å². The molecule has 0 bridgehead atoms. The second-order valence-electron chi connectivity index (χ2n) is 5.52. The van der Waals surface area contributed by atoms with E-state index in [-0.39, 0.29) is 17.7 Å². The molecule has 3 heterocycles. The highest BCUT2D eigenvalue weighted by Crippen LogP contribution is 2.23. The van der Waals surface area contributed by atoms with Gasteiger partial charge in [-0.3, -0.25) is 4.79 Å². The van der Waals surface area contributed by atoms with Crippen LogP contribution in [0.1, 0.15) is 18.7 Å². The third kappa shape index (κ3) is 3.34. The van der Waals surface area contributed by atoms with E-state index in [2.05, 4.69) is 20.4 Å². The molecule has 0 aliphatic heterocycles. The van der Waals surface area contributed by atoms with Crippen LogP contribution in [0.25, 0.3) is 16.7 Å². The van der Waals surface area contributed by atoms with E-state index < -0.39 is 0 Å². The maximum atomic E-state index is 12.2. The van der Waals surface area contributed by atoms with Crippen molar-refractivity contribution >= 4 is 34.4 Å². The number of nitrogens with zero attached hydrogens (tertiary/aromatic N) is 4. The first-order valence-electron chi connectivity index (χ1n) is 7.77. The molecule has 0 saturated carbocycles. The van der Waals surface area contributed by atoms with E-state index >= 15 is 0 Å². The van der Waals surface area contributed by atoms with Crippen molar-refractivity contribution in [1.29, 1.82) is 0 Å². The summed E-state index contributed by atoms with van der Waals surface area (Å²) in [5.41, 5.74) is 0.814. The van der Waals surface area contributed by atoms with Crippen molar-refractivity contribution in [3.63, 3.8) is 0 Å². The SMILES string of the molecule is C[C@H](NC(=O)CSc1nc2ncccn2n1)c1cc2ccccc2o1. The Balaban J connectivity index is 1.37. The van der Waals surface area contributed by atoms with E-state index in [1.165, 1.54) is 11.8 Å². The van der Waals surface area contributed by atoms with Gasteiger partial charge in [0.05, 0.1) is 11.8 Å². The zero-order chi connectivity index (χ0) is 17.2. The number of nitrogens with one attached hydrogen (secondary N) is 1. The molecule has 0 fully saturated rings. The third-order valence-corrected chi connectivity index (χ3v) is 4.52. The van der Waals surface area contributed by atoms with Crippen LogP contribution in [0.5, 0.6) is 0 Å². The molecule has 1 amide bonds. The molecule has 1 N–H and O–H groups in total. The van der Waals surface area contributed by atoms with Crippen LogP contribution in [0.15, 0.2) is 58.4 Å². The van der Waals surface area contributed by atoms with E-state index in [1.54, 1.807) is 23.0 Å². The quantitative estimate of drug-likeness (QED) is 0.555. The predicted molar refractivity (Wildman–Crippen MR) is 94.3 cm³/mol. The zero-order valence-electron chi connectivity index (χ0n) is 13.4. The molecule has 7 nitrogen and oxygen atoms in total. The van der Waals surface area contributed by atoms with Crippen molar-refractivity contribution in [2.75, 3.05) is 5.75 Å². The summed E-state index contributed by atoms with van der Waals surface area (Å²) in [4.78, 5) is 20.5. The lowest BCUT2D eigenvalue weighted by Crippen LogP contribution is -2.27. The largest absolute Gasteiger partial charge is 0.459 e. The Bertz CT molecular complexity index is 976. The highest BCUT2D eigenvalue weighted by atomic mass is 32.2. The Labute approximate surface area is 147 Å². The maximum absolute atomic E-state index is 12.2. The number of benzene rings is 1. The first kappa shape index (κ1) is 15.6. The van der Waals surface area contributed by atoms with Crippen molar-refractivity contribution in [2.45, 2.75) is 18.1 Å². The number of para-hydroxylation sites is 1. The molecular formula is C17H15N5O2S. The number of fused-ring (bicyclic) bond motifs is 2. The molecule has 1 atom stereocenters. The van der Waals surface area contributed by atoms with Gasteiger partial charge in [-0.05, 0) is 25.1 Å². The summed E-state index contributed by atoms with van der Waals surface area (Å²) < 4.78 is 7.36. The average Bonchev–Trinajstić information content (AvgIpc) is 3.23. The van der Waals surface area contributed by atoms with Crippen molar-refractivity contribution in [3.05, 3.63) is 54.6 Å². The van der Waals surface area contributed by atoms with Gasteiger partial charge in [0.25, 0.3) is 5.78 Å². The summed E-state index contributed by atoms with van der Waals surface area (Å²) in [5, 5.41) is 8.73. The van der Waals surface area contributed by atoms with Crippen LogP contribution in [-0.4, -0.2) is 31.2 Å². The Morgan fingerprint density at radius 3 is 3.08 bits per heavy atom. The minimum atomic E-state index is -0.212. The number of carbonyl (C=O) groups is 1. The average molecular weight is 353 g/mol. The van der Waals surface area contributed by atoms with Crippen molar-refractivity contribution < 1.29 is 9.21 Å². The first-order valence-corrected chi connectivity index (χ1v) is 8.75. The van der Waals surface area contributed by atoms with Crippen LogP contribution >= 0.6 is 11.8 Å². The lowest BCUT2D eigenvalue weighted by atomic mass is 10.2. The smallest absolute Gasteiger partial charge is 0.253 e. The molecule has 1 aromatic carbocycles. The lowest BCUT2D eigenvalue weighted by Gasteiger charge is -2.10. The normalized spacial score (nSPS) is 12.5. The fourth-order valence-electron chi connectivity index (χ4n) is 2.48. The van der Waals surface area contributed by atoms with Gasteiger partial charge in [-0.15, -0.1) is 5.10 Å². The van der Waals surface area contributed by atoms with Gasteiger partial charge >= 0.3 is 0 Å². The molecule has 25 heavy (non-hydrogen) atoms.